The summed E-state index contributed by atoms with van der Waals surface area (Å²) in [5, 5.41) is 6.17. The smallest absolute Gasteiger partial charge is 0.226 e. The zero-order valence-corrected chi connectivity index (χ0v) is 8.64. The van der Waals surface area contributed by atoms with Crippen molar-refractivity contribution in [2.24, 2.45) is 11.0 Å². The number of nitrogens with one attached hydrogen (secondary N) is 1. The molecule has 0 fully saturated rings. The van der Waals surface area contributed by atoms with Gasteiger partial charge in [-0.25, -0.2) is 0 Å². The van der Waals surface area contributed by atoms with E-state index in [4.69, 9.17) is 5.53 Å². The van der Waals surface area contributed by atoms with Gasteiger partial charge in [0.2, 0.25) is 5.91 Å². The second-order valence-electron chi connectivity index (χ2n) is 3.38. The molecule has 78 valence electrons. The van der Waals surface area contributed by atoms with E-state index in [0.29, 0.717) is 11.4 Å². The number of carbonyl (C=O) groups is 1. The molecule has 0 atom stereocenters. The van der Waals surface area contributed by atoms with Crippen LogP contribution in [0.1, 0.15) is 13.8 Å². The van der Waals surface area contributed by atoms with Crippen LogP contribution in [0.2, 0.25) is 0 Å². The molecule has 15 heavy (non-hydrogen) atoms. The van der Waals surface area contributed by atoms with Gasteiger partial charge in [0.25, 0.3) is 0 Å². The zero-order chi connectivity index (χ0) is 11.3. The lowest BCUT2D eigenvalue weighted by Crippen LogP contribution is -2.17. The largest absolute Gasteiger partial charge is 0.326 e. The average Bonchev–Trinajstić information content (AvgIpc) is 2.21. The minimum absolute atomic E-state index is 0.0356. The summed E-state index contributed by atoms with van der Waals surface area (Å²) >= 11 is 0. The summed E-state index contributed by atoms with van der Waals surface area (Å²) in [5.41, 5.74) is 9.42. The first-order chi connectivity index (χ1) is 7.13. The molecule has 0 unspecified atom stereocenters. The molecule has 0 aliphatic rings. The molecule has 0 heterocycles. The van der Waals surface area contributed by atoms with Crippen LogP contribution in [0.5, 0.6) is 0 Å². The number of benzene rings is 1. The van der Waals surface area contributed by atoms with Crippen molar-refractivity contribution in [3.8, 4) is 0 Å². The maximum atomic E-state index is 11.3. The molecule has 0 aliphatic heterocycles. The van der Waals surface area contributed by atoms with Gasteiger partial charge in [0.1, 0.15) is 0 Å². The highest BCUT2D eigenvalue weighted by Crippen LogP contribution is 2.16. The van der Waals surface area contributed by atoms with Gasteiger partial charge in [-0.3, -0.25) is 4.79 Å². The lowest BCUT2D eigenvalue weighted by Gasteiger charge is -2.07. The fraction of sp³-hybridized carbons (Fsp3) is 0.300. The summed E-state index contributed by atoms with van der Waals surface area (Å²) in [6.45, 7) is 3.65. The molecule has 1 N–H and O–H groups in total. The highest BCUT2D eigenvalue weighted by Gasteiger charge is 2.06. The molecule has 0 bridgehead atoms. The normalized spacial score (nSPS) is 9.53. The molecule has 1 amide bonds. The minimum atomic E-state index is -0.0539. The highest BCUT2D eigenvalue weighted by molar-refractivity contribution is 5.92. The Hall–Kier alpha value is -2.00. The molecule has 5 nitrogen and oxygen atoms in total. The van der Waals surface area contributed by atoms with Gasteiger partial charge >= 0.3 is 0 Å². The number of hydrogen-bond acceptors (Lipinski definition) is 2. The van der Waals surface area contributed by atoms with E-state index in [1.807, 2.05) is 13.8 Å². The van der Waals surface area contributed by atoms with Crippen LogP contribution < -0.4 is 5.32 Å². The Labute approximate surface area is 87.7 Å². The second-order valence-corrected chi connectivity index (χ2v) is 3.38. The summed E-state index contributed by atoms with van der Waals surface area (Å²) in [5.74, 6) is -0.0895. The summed E-state index contributed by atoms with van der Waals surface area (Å²) in [6, 6.07) is 6.69. The zero-order valence-electron chi connectivity index (χ0n) is 8.64. The first-order valence-electron chi connectivity index (χ1n) is 4.59. The standard InChI is InChI=1S/C10H12N4O/c1-7(2)10(15)12-8-3-5-9(6-4-8)13-14-11/h3-7H,1-2H3,(H,12,15). The first-order valence-corrected chi connectivity index (χ1v) is 4.59. The van der Waals surface area contributed by atoms with Crippen LogP contribution in [0, 0.1) is 5.92 Å². The molecular weight excluding hydrogens is 192 g/mol. The third kappa shape index (κ3) is 3.32. The van der Waals surface area contributed by atoms with E-state index < -0.39 is 0 Å². The fourth-order valence-corrected chi connectivity index (χ4v) is 0.950. The fourth-order valence-electron chi connectivity index (χ4n) is 0.950. The van der Waals surface area contributed by atoms with Crippen LogP contribution in [0.15, 0.2) is 29.4 Å². The third-order valence-electron chi connectivity index (χ3n) is 1.82. The first kappa shape index (κ1) is 11.1. The number of hydrogen-bond donors (Lipinski definition) is 1. The number of azide groups is 1. The lowest BCUT2D eigenvalue weighted by molar-refractivity contribution is -0.118. The van der Waals surface area contributed by atoms with Gasteiger partial charge in [0.05, 0.1) is 0 Å². The van der Waals surface area contributed by atoms with Crippen LogP contribution in [0.3, 0.4) is 0 Å². The van der Waals surface area contributed by atoms with Gasteiger partial charge in [-0.15, -0.1) is 0 Å². The van der Waals surface area contributed by atoms with Crippen LogP contribution in [0.4, 0.5) is 11.4 Å². The number of amides is 1. The van der Waals surface area contributed by atoms with Crippen molar-refractivity contribution in [1.29, 1.82) is 0 Å². The molecule has 0 radical (unpaired) electrons. The SMILES string of the molecule is CC(C)C(=O)Nc1ccc(N=[N+]=[N-])cc1. The Morgan fingerprint density at radius 1 is 1.40 bits per heavy atom. The molecule has 0 aliphatic carbocycles. The van der Waals surface area contributed by atoms with E-state index in [1.165, 1.54) is 0 Å². The van der Waals surface area contributed by atoms with E-state index in [2.05, 4.69) is 15.3 Å². The van der Waals surface area contributed by atoms with Crippen molar-refractivity contribution >= 4 is 17.3 Å². The van der Waals surface area contributed by atoms with Crippen LogP contribution in [-0.4, -0.2) is 5.91 Å². The summed E-state index contributed by atoms with van der Waals surface area (Å²) in [7, 11) is 0. The molecule has 1 rings (SSSR count). The second kappa shape index (κ2) is 5.02. The van der Waals surface area contributed by atoms with Gasteiger partial charge in [-0.1, -0.05) is 31.1 Å². The molecule has 5 heteroatoms. The van der Waals surface area contributed by atoms with E-state index >= 15 is 0 Å². The highest BCUT2D eigenvalue weighted by atomic mass is 16.1. The van der Waals surface area contributed by atoms with Crippen molar-refractivity contribution in [3.05, 3.63) is 34.7 Å². The number of anilines is 1. The van der Waals surface area contributed by atoms with Crippen LogP contribution in [-0.2, 0) is 4.79 Å². The molecule has 0 saturated carbocycles. The number of nitrogens with zero attached hydrogens (tertiary/aromatic N) is 3. The van der Waals surface area contributed by atoms with Gasteiger partial charge < -0.3 is 5.32 Å². The Morgan fingerprint density at radius 3 is 2.47 bits per heavy atom. The number of rotatable bonds is 3. The Morgan fingerprint density at radius 2 is 2.00 bits per heavy atom. The lowest BCUT2D eigenvalue weighted by atomic mass is 10.2. The third-order valence-corrected chi connectivity index (χ3v) is 1.82. The summed E-state index contributed by atoms with van der Waals surface area (Å²) in [6.07, 6.45) is 0. The molecule has 1 aromatic carbocycles. The maximum Gasteiger partial charge on any atom is 0.226 e. The van der Waals surface area contributed by atoms with Crippen LogP contribution >= 0.6 is 0 Å². The number of carbonyl (C=O) groups excluding carboxylic acids is 1. The predicted molar refractivity (Wildman–Crippen MR) is 58.7 cm³/mol. The maximum absolute atomic E-state index is 11.3. The van der Waals surface area contributed by atoms with E-state index in [0.717, 1.165) is 0 Å². The van der Waals surface area contributed by atoms with Gasteiger partial charge in [0, 0.05) is 22.2 Å². The van der Waals surface area contributed by atoms with Gasteiger partial charge in [-0.05, 0) is 17.7 Å². The van der Waals surface area contributed by atoms with Crippen molar-refractivity contribution < 1.29 is 4.79 Å². The molecule has 0 saturated heterocycles. The average molecular weight is 204 g/mol. The quantitative estimate of drug-likeness (QED) is 0.458. The molecular formula is C10H12N4O. The van der Waals surface area contributed by atoms with Crippen molar-refractivity contribution in [1.82, 2.24) is 0 Å². The Bertz CT molecular complexity index is 390. The monoisotopic (exact) mass is 204 g/mol. The summed E-state index contributed by atoms with van der Waals surface area (Å²) in [4.78, 5) is 14.0. The Balaban J connectivity index is 2.72. The predicted octanol–water partition coefficient (Wildman–Crippen LogP) is 3.22. The molecule has 1 aromatic rings. The van der Waals surface area contributed by atoms with E-state index in [1.54, 1.807) is 24.3 Å². The molecule has 0 spiro atoms. The Kier molecular flexibility index (Phi) is 3.71. The summed E-state index contributed by atoms with van der Waals surface area (Å²) < 4.78 is 0. The van der Waals surface area contributed by atoms with Crippen molar-refractivity contribution in [2.45, 2.75) is 13.8 Å². The minimum Gasteiger partial charge on any atom is -0.326 e. The molecule has 0 aromatic heterocycles. The van der Waals surface area contributed by atoms with Crippen molar-refractivity contribution in [3.63, 3.8) is 0 Å². The topological polar surface area (TPSA) is 77.9 Å². The van der Waals surface area contributed by atoms with E-state index in [9.17, 15) is 4.79 Å². The van der Waals surface area contributed by atoms with Gasteiger partial charge in [-0.2, -0.15) is 0 Å². The van der Waals surface area contributed by atoms with Crippen LogP contribution in [0.25, 0.3) is 10.4 Å². The van der Waals surface area contributed by atoms with E-state index in [-0.39, 0.29) is 11.8 Å². The van der Waals surface area contributed by atoms with Crippen molar-refractivity contribution in [2.75, 3.05) is 5.32 Å². The van der Waals surface area contributed by atoms with Gasteiger partial charge in [0.15, 0.2) is 0 Å².